The van der Waals surface area contributed by atoms with Gasteiger partial charge in [-0.25, -0.2) is 8.42 Å². The van der Waals surface area contributed by atoms with Crippen LogP contribution in [0.1, 0.15) is 28.0 Å². The van der Waals surface area contributed by atoms with E-state index < -0.39 is 9.84 Å². The van der Waals surface area contributed by atoms with Crippen molar-refractivity contribution in [2.24, 2.45) is 0 Å². The second-order valence-electron chi connectivity index (χ2n) is 6.77. The van der Waals surface area contributed by atoms with Crippen LogP contribution in [0, 0.1) is 13.8 Å². The number of hydrogen-bond acceptors (Lipinski definition) is 5. The molecule has 1 aliphatic heterocycles. The molecule has 1 unspecified atom stereocenters. The molecule has 1 amide bonds. The number of aryl methyl sites for hydroxylation is 1. The molecule has 1 aliphatic rings. The van der Waals surface area contributed by atoms with E-state index in [9.17, 15) is 13.2 Å². The normalized spacial score (nSPS) is 18.5. The van der Waals surface area contributed by atoms with Crippen molar-refractivity contribution in [2.45, 2.75) is 26.3 Å². The third-order valence-electron chi connectivity index (χ3n) is 4.99. The summed E-state index contributed by atoms with van der Waals surface area (Å²) in [6.07, 6.45) is 2.18. The number of aromatic nitrogens is 1. The van der Waals surface area contributed by atoms with E-state index in [0.29, 0.717) is 12.1 Å². The molecule has 1 fully saturated rings. The minimum Gasteiger partial charge on any atom is -0.370 e. The number of carbonyl (C=O) groups is 1. The highest BCUT2D eigenvalue weighted by Crippen LogP contribution is 2.24. The maximum Gasteiger partial charge on any atom is 0.274 e. The largest absolute Gasteiger partial charge is 0.370 e. The van der Waals surface area contributed by atoms with Gasteiger partial charge in [0.2, 0.25) is 0 Å². The Morgan fingerprint density at radius 1 is 1.27 bits per heavy atom. The predicted molar refractivity (Wildman–Crippen MR) is 104 cm³/mol. The average molecular weight is 373 g/mol. The van der Waals surface area contributed by atoms with Gasteiger partial charge in [-0.1, -0.05) is 12.1 Å². The van der Waals surface area contributed by atoms with E-state index in [1.54, 1.807) is 18.3 Å². The first kappa shape index (κ1) is 18.4. The Balaban J connectivity index is 1.78. The van der Waals surface area contributed by atoms with E-state index in [1.807, 2.05) is 44.0 Å². The Morgan fingerprint density at radius 3 is 2.73 bits per heavy atom. The van der Waals surface area contributed by atoms with Crippen molar-refractivity contribution in [2.75, 3.05) is 28.8 Å². The van der Waals surface area contributed by atoms with Crippen LogP contribution in [0.4, 0.5) is 11.4 Å². The molecule has 2 aromatic rings. The number of benzene rings is 1. The van der Waals surface area contributed by atoms with Gasteiger partial charge in [0.15, 0.2) is 9.84 Å². The van der Waals surface area contributed by atoms with Crippen molar-refractivity contribution in [3.05, 3.63) is 53.3 Å². The fourth-order valence-corrected chi connectivity index (χ4v) is 4.90. The maximum atomic E-state index is 12.6. The Bertz CT molecular complexity index is 941. The zero-order valence-electron chi connectivity index (χ0n) is 15.2. The lowest BCUT2D eigenvalue weighted by atomic mass is 10.1. The number of amides is 1. The third kappa shape index (κ3) is 3.88. The Hall–Kier alpha value is -2.41. The summed E-state index contributed by atoms with van der Waals surface area (Å²) in [5, 5.41) is 2.90. The van der Waals surface area contributed by atoms with Crippen LogP contribution in [0.3, 0.4) is 0 Å². The molecule has 0 bridgehead atoms. The highest BCUT2D eigenvalue weighted by Gasteiger charge is 2.31. The SMILES string of the molecule is Cc1cccc(NC(=O)c2cc(N(C)C3CCS(=O)(=O)C3)ccn2)c1C. The number of rotatable bonds is 4. The van der Waals surface area contributed by atoms with Gasteiger partial charge in [0.1, 0.15) is 5.69 Å². The van der Waals surface area contributed by atoms with Gasteiger partial charge < -0.3 is 10.2 Å². The first-order chi connectivity index (χ1) is 12.3. The minimum atomic E-state index is -2.96. The highest BCUT2D eigenvalue weighted by molar-refractivity contribution is 7.91. The quantitative estimate of drug-likeness (QED) is 0.891. The van der Waals surface area contributed by atoms with E-state index in [1.165, 1.54) is 0 Å². The van der Waals surface area contributed by atoms with Crippen molar-refractivity contribution < 1.29 is 13.2 Å². The summed E-state index contributed by atoms with van der Waals surface area (Å²) in [6.45, 7) is 3.96. The molecule has 26 heavy (non-hydrogen) atoms. The van der Waals surface area contributed by atoms with Gasteiger partial charge in [-0.15, -0.1) is 0 Å². The summed E-state index contributed by atoms with van der Waals surface area (Å²) in [7, 11) is -1.11. The molecule has 0 saturated carbocycles. The van der Waals surface area contributed by atoms with Gasteiger partial charge in [-0.05, 0) is 49.6 Å². The number of hydrogen-bond donors (Lipinski definition) is 1. The van der Waals surface area contributed by atoms with Crippen LogP contribution in [0.2, 0.25) is 0 Å². The van der Waals surface area contributed by atoms with E-state index in [0.717, 1.165) is 22.5 Å². The summed E-state index contributed by atoms with van der Waals surface area (Å²) in [6, 6.07) is 9.17. The molecule has 1 aromatic heterocycles. The number of nitrogens with zero attached hydrogens (tertiary/aromatic N) is 2. The van der Waals surface area contributed by atoms with Crippen LogP contribution in [-0.2, 0) is 9.84 Å². The molecule has 1 atom stereocenters. The molecule has 2 heterocycles. The minimum absolute atomic E-state index is 0.0719. The number of carbonyl (C=O) groups excluding carboxylic acids is 1. The van der Waals surface area contributed by atoms with Crippen LogP contribution in [-0.4, -0.2) is 43.9 Å². The molecule has 7 heteroatoms. The van der Waals surface area contributed by atoms with Gasteiger partial charge in [0, 0.05) is 30.7 Å². The molecular weight excluding hydrogens is 350 g/mol. The second kappa shape index (κ2) is 7.07. The number of anilines is 2. The molecular formula is C19H23N3O3S. The fourth-order valence-electron chi connectivity index (χ4n) is 3.13. The molecule has 138 valence electrons. The topological polar surface area (TPSA) is 79.4 Å². The summed E-state index contributed by atoms with van der Waals surface area (Å²) in [5.74, 6) is 0.0797. The molecule has 1 saturated heterocycles. The standard InChI is InChI=1S/C19H23N3O3S/c1-13-5-4-6-17(14(13)2)21-19(23)18-11-15(7-9-20-18)22(3)16-8-10-26(24,25)12-16/h4-7,9,11,16H,8,10,12H2,1-3H3,(H,21,23). The van der Waals surface area contributed by atoms with Crippen molar-refractivity contribution in [1.29, 1.82) is 0 Å². The van der Waals surface area contributed by atoms with Crippen LogP contribution in [0.15, 0.2) is 36.5 Å². The van der Waals surface area contributed by atoms with Crippen LogP contribution in [0.5, 0.6) is 0 Å². The lowest BCUT2D eigenvalue weighted by Gasteiger charge is -2.25. The fraction of sp³-hybridized carbons (Fsp3) is 0.368. The predicted octanol–water partition coefficient (Wildman–Crippen LogP) is 2.57. The van der Waals surface area contributed by atoms with Gasteiger partial charge >= 0.3 is 0 Å². The zero-order chi connectivity index (χ0) is 18.9. The first-order valence-corrected chi connectivity index (χ1v) is 10.4. The van der Waals surface area contributed by atoms with Gasteiger partial charge in [0.25, 0.3) is 5.91 Å². The van der Waals surface area contributed by atoms with E-state index in [2.05, 4.69) is 10.3 Å². The molecule has 1 aromatic carbocycles. The number of sulfone groups is 1. The van der Waals surface area contributed by atoms with Crippen LogP contribution >= 0.6 is 0 Å². The van der Waals surface area contributed by atoms with Crippen molar-refractivity contribution in [3.63, 3.8) is 0 Å². The number of pyridine rings is 1. The summed E-state index contributed by atoms with van der Waals surface area (Å²) < 4.78 is 23.4. The smallest absolute Gasteiger partial charge is 0.274 e. The van der Waals surface area contributed by atoms with E-state index in [-0.39, 0.29) is 23.5 Å². The van der Waals surface area contributed by atoms with E-state index in [4.69, 9.17) is 0 Å². The average Bonchev–Trinajstić information content (AvgIpc) is 2.98. The lowest BCUT2D eigenvalue weighted by Crippen LogP contribution is -2.32. The van der Waals surface area contributed by atoms with E-state index >= 15 is 0 Å². The molecule has 0 radical (unpaired) electrons. The van der Waals surface area contributed by atoms with Crippen molar-refractivity contribution in [1.82, 2.24) is 4.98 Å². The van der Waals surface area contributed by atoms with Gasteiger partial charge in [-0.2, -0.15) is 0 Å². The Kier molecular flexibility index (Phi) is 5.00. The molecule has 3 rings (SSSR count). The first-order valence-electron chi connectivity index (χ1n) is 8.54. The van der Waals surface area contributed by atoms with Crippen LogP contribution < -0.4 is 10.2 Å². The zero-order valence-corrected chi connectivity index (χ0v) is 16.0. The Morgan fingerprint density at radius 2 is 2.04 bits per heavy atom. The molecule has 0 spiro atoms. The summed E-state index contributed by atoms with van der Waals surface area (Å²) in [5.41, 5.74) is 3.97. The van der Waals surface area contributed by atoms with Gasteiger partial charge in [0.05, 0.1) is 11.5 Å². The molecule has 1 N–H and O–H groups in total. The summed E-state index contributed by atoms with van der Waals surface area (Å²) >= 11 is 0. The lowest BCUT2D eigenvalue weighted by molar-refractivity contribution is 0.102. The maximum absolute atomic E-state index is 12.6. The van der Waals surface area contributed by atoms with Crippen molar-refractivity contribution in [3.8, 4) is 0 Å². The Labute approximate surface area is 154 Å². The molecule has 0 aliphatic carbocycles. The van der Waals surface area contributed by atoms with Gasteiger partial charge in [-0.3, -0.25) is 9.78 Å². The monoisotopic (exact) mass is 373 g/mol. The number of nitrogens with one attached hydrogen (secondary N) is 1. The third-order valence-corrected chi connectivity index (χ3v) is 6.74. The van der Waals surface area contributed by atoms with Crippen molar-refractivity contribution >= 4 is 27.1 Å². The highest BCUT2D eigenvalue weighted by atomic mass is 32.2. The van der Waals surface area contributed by atoms with Crippen LogP contribution in [0.25, 0.3) is 0 Å². The second-order valence-corrected chi connectivity index (χ2v) is 9.00. The summed E-state index contributed by atoms with van der Waals surface area (Å²) in [4.78, 5) is 18.7. The molecule has 6 nitrogen and oxygen atoms in total.